The number of carboxylic acids is 1. The molecule has 4 fully saturated rings. The number of methoxy groups -OCH3 is 7. The summed E-state index contributed by atoms with van der Waals surface area (Å²) in [6.07, 6.45) is 3.90. The second-order valence-electron chi connectivity index (χ2n) is 24.4. The van der Waals surface area contributed by atoms with Crippen LogP contribution in [0.2, 0.25) is 0 Å². The molecular formula is C67H109N13O20S2Se. The van der Waals surface area contributed by atoms with Crippen molar-refractivity contribution in [2.45, 2.75) is 175 Å². The number of amides is 10. The van der Waals surface area contributed by atoms with Crippen molar-refractivity contribution in [1.82, 2.24) is 61.1 Å². The van der Waals surface area contributed by atoms with Crippen molar-refractivity contribution in [3.8, 4) is 23.7 Å². The molecule has 7 aliphatic rings. The molecule has 0 radical (unpaired) electrons. The number of fused-ring (bicyclic) bond motifs is 3. The molecule has 0 bridgehead atoms. The molecule has 1 aromatic rings. The molecule has 580 valence electrons. The number of carbonyl (C=O) groups is 10. The molecule has 10 N–H and O–H groups in total. The first-order valence-electron chi connectivity index (χ1n) is 34.4. The quantitative estimate of drug-likeness (QED) is 0.0136. The minimum Gasteiger partial charge on any atom is -0.481 e. The summed E-state index contributed by atoms with van der Waals surface area (Å²) in [6.45, 7) is 7.29. The molecule has 0 aromatic carbocycles. The third-order valence-corrected chi connectivity index (χ3v) is 21.9. The van der Waals surface area contributed by atoms with Gasteiger partial charge in [-0.05, 0) is 32.2 Å². The molecule has 0 saturated carbocycles. The number of hydrogen-bond acceptors (Lipinski definition) is 24. The smallest absolute Gasteiger partial charge is 0.315 e. The van der Waals surface area contributed by atoms with E-state index in [2.05, 4.69) is 74.8 Å². The molecular weight excluding hydrogens is 1450 g/mol. The number of nitrogens with one attached hydrogen (secondary N) is 7. The van der Waals surface area contributed by atoms with Crippen LogP contribution in [0, 0.1) is 23.7 Å². The van der Waals surface area contributed by atoms with E-state index in [4.69, 9.17) is 48.7 Å². The minimum atomic E-state index is -0.974. The standard InChI is InChI=1S/C26H41N5O7S.C14H21N3O5Se.C13H24N4O3S.C13H19NO5.CH4/c1-36-19-7-3-4-12-31(16-20(19)37-2)24(34)9-8-22(32)27-10-5-13-38-14-6-11-28-23(33)15-21-25-18(17-39-21)29-26(35)30-25;1-20-9-8-17(11(18)4-5-12(19)21-2)7-6-10-13(14(9)22-3)15-16-23-10;14-3-1-5-20-6-2-4-15-11(18)7-10-12-9(8-21-10)16-13(19)17-12;1-18-10-5-3-4-8-14(9-11(10)19-2)12(15)6-7-13(16)17;/h18-21,25H,4-6,8-17H2,1-2H3,(H,27,32)(H,28,33)(H2,29,30,35);9,14H,4-8H2,1-3H3;9-10,12H,1-8,14H2,(H,15,18)(H2,16,17,19);10-11H,4,6-9H2,1-2H3,(H,16,17);1H4/t18?,19-,20-,21-,25?;9-,14+;9?,10-,12?;10-,11-;/m0000./s1. The normalized spacial score (nSPS) is 24.3. The van der Waals surface area contributed by atoms with Gasteiger partial charge in [0, 0.05) is 155 Å². The molecule has 0 aliphatic carbocycles. The number of nitrogens with zero attached hydrogens (tertiary/aromatic N) is 5. The van der Waals surface area contributed by atoms with Crippen LogP contribution in [0.4, 0.5) is 9.59 Å². The van der Waals surface area contributed by atoms with E-state index in [0.29, 0.717) is 130 Å². The minimum absolute atomic E-state index is 0. The molecule has 7 aliphatic heterocycles. The summed E-state index contributed by atoms with van der Waals surface area (Å²) in [4.78, 5) is 123. The average molecular weight is 1560 g/mol. The molecule has 36 heteroatoms. The van der Waals surface area contributed by atoms with Gasteiger partial charge in [-0.1, -0.05) is 31.1 Å². The molecule has 4 saturated heterocycles. The molecule has 12 atom stereocenters. The number of ether oxygens (including phenoxy) is 9. The fourth-order valence-corrected chi connectivity index (χ4v) is 16.0. The Morgan fingerprint density at radius 2 is 1.02 bits per heavy atom. The summed E-state index contributed by atoms with van der Waals surface area (Å²) in [5, 5.41) is 33.2. The van der Waals surface area contributed by atoms with Crippen LogP contribution in [0.5, 0.6) is 0 Å². The van der Waals surface area contributed by atoms with Gasteiger partial charge in [-0.3, -0.25) is 28.8 Å². The van der Waals surface area contributed by atoms with Gasteiger partial charge in [-0.15, -0.1) is 0 Å². The Morgan fingerprint density at radius 1 is 0.573 bits per heavy atom. The van der Waals surface area contributed by atoms with Crippen LogP contribution in [0.1, 0.15) is 114 Å². The van der Waals surface area contributed by atoms with Gasteiger partial charge in [0.05, 0.1) is 43.7 Å². The number of rotatable bonds is 34. The average Bonchev–Trinajstić information content (AvgIpc) is 1.71. The Kier molecular flexibility index (Phi) is 43.4. The number of aromatic nitrogens is 2. The summed E-state index contributed by atoms with van der Waals surface area (Å²) in [5.74, 6) is 11.7. The van der Waals surface area contributed by atoms with Gasteiger partial charge in [0.15, 0.2) is 0 Å². The first-order valence-corrected chi connectivity index (χ1v) is 38.1. The number of carboxylic acid groups (broad SMARTS) is 1. The van der Waals surface area contributed by atoms with E-state index in [1.165, 1.54) is 7.11 Å². The van der Waals surface area contributed by atoms with Crippen LogP contribution in [-0.4, -0.2) is 322 Å². The van der Waals surface area contributed by atoms with Gasteiger partial charge >= 0.3 is 159 Å². The summed E-state index contributed by atoms with van der Waals surface area (Å²) < 4.78 is 53.2. The number of nitrogens with two attached hydrogens (primary N) is 1. The Bertz CT molecular complexity index is 2960. The van der Waals surface area contributed by atoms with Crippen molar-refractivity contribution in [3.05, 3.63) is 10.1 Å². The number of thioether (sulfide) groups is 2. The predicted octanol–water partition coefficient (Wildman–Crippen LogP) is -0.642. The Labute approximate surface area is 619 Å². The fourth-order valence-electron chi connectivity index (χ4n) is 11.6. The van der Waals surface area contributed by atoms with Crippen molar-refractivity contribution in [2.75, 3.05) is 153 Å². The van der Waals surface area contributed by atoms with Gasteiger partial charge in [-0.2, -0.15) is 23.5 Å². The van der Waals surface area contributed by atoms with Crippen molar-refractivity contribution < 1.29 is 95.7 Å². The maximum atomic E-state index is 12.6. The molecule has 4 unspecified atom stereocenters. The van der Waals surface area contributed by atoms with Crippen molar-refractivity contribution in [3.63, 3.8) is 0 Å². The maximum absolute atomic E-state index is 12.6. The van der Waals surface area contributed by atoms with Crippen molar-refractivity contribution in [2.24, 2.45) is 5.73 Å². The first kappa shape index (κ1) is 89.0. The van der Waals surface area contributed by atoms with E-state index in [-0.39, 0.29) is 185 Å². The second kappa shape index (κ2) is 50.2. The van der Waals surface area contributed by atoms with Crippen LogP contribution in [0.15, 0.2) is 0 Å². The molecule has 0 spiro atoms. The van der Waals surface area contributed by atoms with Crippen LogP contribution < -0.4 is 43.0 Å². The molecule has 8 heterocycles. The summed E-state index contributed by atoms with van der Waals surface area (Å²) >= 11 is 3.41. The fraction of sp³-hybridized carbons (Fsp3) is 0.761. The Hall–Kier alpha value is -6.38. The van der Waals surface area contributed by atoms with Gasteiger partial charge in [-0.25, -0.2) is 9.59 Å². The molecule has 8 rings (SSSR count). The Morgan fingerprint density at radius 3 is 1.47 bits per heavy atom. The van der Waals surface area contributed by atoms with E-state index >= 15 is 0 Å². The van der Waals surface area contributed by atoms with Crippen LogP contribution >= 0.6 is 23.5 Å². The zero-order valence-electron chi connectivity index (χ0n) is 59.6. The van der Waals surface area contributed by atoms with Crippen molar-refractivity contribution in [1.29, 1.82) is 0 Å². The van der Waals surface area contributed by atoms with Crippen LogP contribution in [0.25, 0.3) is 0 Å². The third kappa shape index (κ3) is 31.7. The van der Waals surface area contributed by atoms with Crippen LogP contribution in [0.3, 0.4) is 0 Å². The number of aliphatic carboxylic acids is 1. The number of hydrogen-bond donors (Lipinski definition) is 9. The van der Waals surface area contributed by atoms with E-state index < -0.39 is 5.97 Å². The van der Waals surface area contributed by atoms with Crippen LogP contribution in [-0.2, 0) is 87.4 Å². The number of carbonyl (C=O) groups excluding carboxylic acids is 9. The topological polar surface area (TPSA) is 420 Å². The largest absolute Gasteiger partial charge is 0.481 e. The molecule has 1 aromatic heterocycles. The van der Waals surface area contributed by atoms with Gasteiger partial charge in [0.1, 0.15) is 24.4 Å². The zero-order chi connectivity index (χ0) is 74.2. The van der Waals surface area contributed by atoms with E-state index in [9.17, 15) is 47.9 Å². The zero-order valence-corrected chi connectivity index (χ0v) is 62.9. The van der Waals surface area contributed by atoms with Gasteiger partial charge < -0.3 is 86.3 Å². The first-order chi connectivity index (χ1) is 49.3. The molecule has 33 nitrogen and oxygen atoms in total. The Balaban J connectivity index is 0.000000304. The summed E-state index contributed by atoms with van der Waals surface area (Å²) in [6, 6.07) is 0.0953. The van der Waals surface area contributed by atoms with E-state index in [1.54, 1.807) is 80.9 Å². The molecule has 103 heavy (non-hydrogen) atoms. The predicted molar refractivity (Wildman–Crippen MR) is 383 cm³/mol. The van der Waals surface area contributed by atoms with Gasteiger partial charge in [0.25, 0.3) is 0 Å². The van der Waals surface area contributed by atoms with Crippen molar-refractivity contribution >= 4 is 97.7 Å². The monoisotopic (exact) mass is 1560 g/mol. The van der Waals surface area contributed by atoms with Gasteiger partial charge in [0.2, 0.25) is 29.5 Å². The summed E-state index contributed by atoms with van der Waals surface area (Å²) in [7, 11) is 10.7. The van der Waals surface area contributed by atoms with E-state index in [0.717, 1.165) is 40.9 Å². The number of urea groups is 2. The summed E-state index contributed by atoms with van der Waals surface area (Å²) in [5.41, 5.74) is 6.21. The number of esters is 1. The third-order valence-electron chi connectivity index (χ3n) is 17.3. The molecule has 10 amide bonds. The van der Waals surface area contributed by atoms with E-state index in [1.807, 2.05) is 0 Å². The maximum Gasteiger partial charge on any atom is 0.315 e. The second-order valence-corrected chi connectivity index (χ2v) is 28.7. The SMILES string of the molecule is C.COC(=O)CCC(=O)N1CCc2[se]nnc2[C@H](OC)[C@@H](OC)C1.CO[C@H]1C#CCCN(C(=O)CCC(=O)NCCCOCCCNC(=O)C[C@@H]2SCC3NC(=O)NC32)C[C@@H]1OC.CO[C@H]1C#CCCN(C(=O)CCC(=O)O)C[C@@H]1OC.NCCCOCCCNC(=O)C[C@@H]1SCC2NC(=O)NC21.